The van der Waals surface area contributed by atoms with Gasteiger partial charge in [-0.1, -0.05) is 13.0 Å². The van der Waals surface area contributed by atoms with Gasteiger partial charge in [0, 0.05) is 43.7 Å². The highest BCUT2D eigenvalue weighted by Gasteiger charge is 2.35. The van der Waals surface area contributed by atoms with Crippen molar-refractivity contribution >= 4 is 22.8 Å². The van der Waals surface area contributed by atoms with E-state index < -0.39 is 6.04 Å². The molecule has 2 saturated heterocycles. The van der Waals surface area contributed by atoms with Gasteiger partial charge in [0.05, 0.1) is 12.7 Å². The molecule has 6 heteroatoms. The molecule has 1 aromatic heterocycles. The zero-order valence-corrected chi connectivity index (χ0v) is 15.9. The summed E-state index contributed by atoms with van der Waals surface area (Å²) in [6.07, 6.45) is 5.01. The highest BCUT2D eigenvalue weighted by Crippen LogP contribution is 2.24. The molecular weight excluding hydrogens is 342 g/mol. The van der Waals surface area contributed by atoms with Gasteiger partial charge in [0.2, 0.25) is 11.8 Å². The number of aryl methyl sites for hydroxylation is 1. The fourth-order valence-corrected chi connectivity index (χ4v) is 4.12. The highest BCUT2D eigenvalue weighted by molar-refractivity contribution is 5.92. The quantitative estimate of drug-likeness (QED) is 0.895. The molecule has 1 N–H and O–H groups in total. The van der Waals surface area contributed by atoms with Crippen LogP contribution < -0.4 is 5.32 Å². The summed E-state index contributed by atoms with van der Waals surface area (Å²) in [4.78, 5) is 29.6. The minimum atomic E-state index is -0.395. The Balaban J connectivity index is 1.53. The van der Waals surface area contributed by atoms with E-state index in [0.717, 1.165) is 55.4 Å². The monoisotopic (exact) mass is 369 g/mol. The van der Waals surface area contributed by atoms with Crippen LogP contribution in [0.5, 0.6) is 0 Å². The van der Waals surface area contributed by atoms with Gasteiger partial charge < -0.3 is 19.5 Å². The number of nitrogens with zero attached hydrogens (tertiary/aromatic N) is 2. The fourth-order valence-electron chi connectivity index (χ4n) is 4.12. The summed E-state index contributed by atoms with van der Waals surface area (Å²) in [5.41, 5.74) is 2.93. The first-order chi connectivity index (χ1) is 13.2. The number of rotatable bonds is 4. The lowest BCUT2D eigenvalue weighted by Gasteiger charge is -2.37. The molecule has 2 aliphatic rings. The van der Waals surface area contributed by atoms with Gasteiger partial charge in [-0.2, -0.15) is 0 Å². The zero-order chi connectivity index (χ0) is 18.8. The number of amides is 2. The fraction of sp³-hybridized carbons (Fsp3) is 0.524. The first-order valence-electron chi connectivity index (χ1n) is 9.95. The minimum absolute atomic E-state index is 0.00125. The van der Waals surface area contributed by atoms with E-state index in [9.17, 15) is 9.59 Å². The molecule has 0 spiro atoms. The van der Waals surface area contributed by atoms with E-state index >= 15 is 0 Å². The first-order valence-corrected chi connectivity index (χ1v) is 9.95. The third-order valence-corrected chi connectivity index (χ3v) is 5.73. The van der Waals surface area contributed by atoms with Gasteiger partial charge >= 0.3 is 0 Å². The van der Waals surface area contributed by atoms with E-state index in [1.807, 2.05) is 11.0 Å². The van der Waals surface area contributed by atoms with Crippen LogP contribution in [0.2, 0.25) is 0 Å². The molecular formula is C21H27N3O3. The van der Waals surface area contributed by atoms with E-state index in [0.29, 0.717) is 13.1 Å². The number of piperazine rings is 1. The second-order valence-corrected chi connectivity index (χ2v) is 7.46. The smallest absolute Gasteiger partial charge is 0.246 e. The van der Waals surface area contributed by atoms with Crippen LogP contribution in [-0.2, 0) is 22.4 Å². The molecule has 0 aliphatic carbocycles. The van der Waals surface area contributed by atoms with Crippen LogP contribution in [0.25, 0.3) is 11.0 Å². The van der Waals surface area contributed by atoms with Gasteiger partial charge in [0.15, 0.2) is 0 Å². The van der Waals surface area contributed by atoms with Gasteiger partial charge in [-0.15, -0.1) is 0 Å². The molecule has 0 unspecified atom stereocenters. The molecule has 0 saturated carbocycles. The SMILES string of the molecule is CCc1ccc2occ(CC(=O)N3CCNC[C@@H]3C(=O)N3CCCC3)c2c1. The Bertz CT molecular complexity index is 838. The van der Waals surface area contributed by atoms with E-state index in [2.05, 4.69) is 24.4 Å². The van der Waals surface area contributed by atoms with Crippen LogP contribution in [0.3, 0.4) is 0 Å². The number of hydrogen-bond donors (Lipinski definition) is 1. The van der Waals surface area contributed by atoms with Gasteiger partial charge in [-0.05, 0) is 37.0 Å². The number of nitrogens with one attached hydrogen (secondary N) is 1. The van der Waals surface area contributed by atoms with E-state index in [1.165, 1.54) is 5.56 Å². The minimum Gasteiger partial charge on any atom is -0.464 e. The zero-order valence-electron chi connectivity index (χ0n) is 15.9. The average molecular weight is 369 g/mol. The lowest BCUT2D eigenvalue weighted by atomic mass is 10.0. The maximum absolute atomic E-state index is 13.1. The maximum atomic E-state index is 13.1. The Labute approximate surface area is 159 Å². The third kappa shape index (κ3) is 3.58. The van der Waals surface area contributed by atoms with Crippen molar-refractivity contribution in [3.05, 3.63) is 35.6 Å². The maximum Gasteiger partial charge on any atom is 0.246 e. The third-order valence-electron chi connectivity index (χ3n) is 5.73. The van der Waals surface area contributed by atoms with Gasteiger partial charge in [0.25, 0.3) is 0 Å². The number of fused-ring (bicyclic) bond motifs is 1. The molecule has 2 amide bonds. The van der Waals surface area contributed by atoms with Crippen molar-refractivity contribution in [1.29, 1.82) is 0 Å². The molecule has 2 fully saturated rings. The van der Waals surface area contributed by atoms with E-state index in [1.54, 1.807) is 11.2 Å². The Hall–Kier alpha value is -2.34. The van der Waals surface area contributed by atoms with Crippen LogP contribution in [0.15, 0.2) is 28.9 Å². The lowest BCUT2D eigenvalue weighted by molar-refractivity contribution is -0.145. The molecule has 6 nitrogen and oxygen atoms in total. The predicted molar refractivity (Wildman–Crippen MR) is 103 cm³/mol. The van der Waals surface area contributed by atoms with Crippen molar-refractivity contribution in [2.75, 3.05) is 32.7 Å². The van der Waals surface area contributed by atoms with Crippen LogP contribution in [0, 0.1) is 0 Å². The number of likely N-dealkylation sites (tertiary alicyclic amines) is 1. The second-order valence-electron chi connectivity index (χ2n) is 7.46. The molecule has 144 valence electrons. The molecule has 0 bridgehead atoms. The Morgan fingerprint density at radius 1 is 1.22 bits per heavy atom. The Kier molecular flexibility index (Phi) is 5.16. The summed E-state index contributed by atoms with van der Waals surface area (Å²) in [6.45, 7) is 5.56. The molecule has 1 atom stereocenters. The highest BCUT2D eigenvalue weighted by atomic mass is 16.3. The largest absolute Gasteiger partial charge is 0.464 e. The Morgan fingerprint density at radius 3 is 2.81 bits per heavy atom. The van der Waals surface area contributed by atoms with Crippen molar-refractivity contribution < 1.29 is 14.0 Å². The van der Waals surface area contributed by atoms with E-state index in [-0.39, 0.29) is 18.2 Å². The molecule has 3 heterocycles. The van der Waals surface area contributed by atoms with Crippen molar-refractivity contribution in [3.8, 4) is 0 Å². The van der Waals surface area contributed by atoms with E-state index in [4.69, 9.17) is 4.42 Å². The van der Waals surface area contributed by atoms with Gasteiger partial charge in [-0.3, -0.25) is 9.59 Å². The summed E-state index contributed by atoms with van der Waals surface area (Å²) in [5.74, 6) is 0.0806. The number of carbonyl (C=O) groups excluding carboxylic acids is 2. The summed E-state index contributed by atoms with van der Waals surface area (Å²) >= 11 is 0. The number of carbonyl (C=O) groups is 2. The molecule has 1 aromatic carbocycles. The van der Waals surface area contributed by atoms with Crippen molar-refractivity contribution in [3.63, 3.8) is 0 Å². The first kappa shape index (κ1) is 18.0. The standard InChI is InChI=1S/C21H27N3O3/c1-2-15-5-6-19-17(11-15)16(14-27-19)12-20(25)24-10-7-22-13-18(24)21(26)23-8-3-4-9-23/h5-6,11,14,18,22H,2-4,7-10,12-13H2,1H3/t18-/m1/s1. The molecule has 4 rings (SSSR count). The molecule has 0 radical (unpaired) electrons. The van der Waals surface area contributed by atoms with Crippen molar-refractivity contribution in [2.45, 2.75) is 38.6 Å². The number of benzene rings is 1. The van der Waals surface area contributed by atoms with Crippen LogP contribution in [-0.4, -0.2) is 60.4 Å². The van der Waals surface area contributed by atoms with Gasteiger partial charge in [-0.25, -0.2) is 0 Å². The predicted octanol–water partition coefficient (Wildman–Crippen LogP) is 1.96. The normalized spacial score (nSPS) is 20.4. The molecule has 2 aromatic rings. The summed E-state index contributed by atoms with van der Waals surface area (Å²) in [5, 5.41) is 4.27. The molecule has 27 heavy (non-hydrogen) atoms. The summed E-state index contributed by atoms with van der Waals surface area (Å²) in [7, 11) is 0. The lowest BCUT2D eigenvalue weighted by Crippen LogP contribution is -2.60. The second kappa shape index (κ2) is 7.72. The topological polar surface area (TPSA) is 65.8 Å². The summed E-state index contributed by atoms with van der Waals surface area (Å²) < 4.78 is 5.63. The number of furan rings is 1. The van der Waals surface area contributed by atoms with Crippen molar-refractivity contribution in [2.24, 2.45) is 0 Å². The van der Waals surface area contributed by atoms with Crippen LogP contribution in [0.1, 0.15) is 30.9 Å². The average Bonchev–Trinajstić information content (AvgIpc) is 3.37. The van der Waals surface area contributed by atoms with Crippen LogP contribution >= 0.6 is 0 Å². The Morgan fingerprint density at radius 2 is 2.04 bits per heavy atom. The molecule has 2 aliphatic heterocycles. The van der Waals surface area contributed by atoms with Gasteiger partial charge in [0.1, 0.15) is 11.6 Å². The summed E-state index contributed by atoms with van der Waals surface area (Å²) in [6, 6.07) is 5.73. The van der Waals surface area contributed by atoms with Crippen LogP contribution in [0.4, 0.5) is 0 Å². The number of hydrogen-bond acceptors (Lipinski definition) is 4. The van der Waals surface area contributed by atoms with Crippen molar-refractivity contribution in [1.82, 2.24) is 15.1 Å².